The molecule has 0 aliphatic rings. The second-order valence-electron chi connectivity index (χ2n) is 4.18. The largest absolute Gasteiger partial charge is 0.480 e. The fraction of sp³-hybridized carbons (Fsp3) is 0.750. The van der Waals surface area contributed by atoms with Crippen molar-refractivity contribution in [2.24, 2.45) is 0 Å². The number of urea groups is 1. The summed E-state index contributed by atoms with van der Waals surface area (Å²) >= 11 is 0. The lowest BCUT2D eigenvalue weighted by Crippen LogP contribution is -2.50. The lowest BCUT2D eigenvalue weighted by atomic mass is 10.1. The first kappa shape index (κ1) is 18.2. The third-order valence-corrected chi connectivity index (χ3v) is 2.66. The van der Waals surface area contributed by atoms with Crippen molar-refractivity contribution in [3.63, 3.8) is 0 Å². The molecule has 2 amide bonds. The van der Waals surface area contributed by atoms with Gasteiger partial charge < -0.3 is 25.2 Å². The predicted molar refractivity (Wildman–Crippen MR) is 70.3 cm³/mol. The van der Waals surface area contributed by atoms with Crippen LogP contribution in [0.3, 0.4) is 0 Å². The highest BCUT2D eigenvalue weighted by Crippen LogP contribution is 2.00. The summed E-state index contributed by atoms with van der Waals surface area (Å²) in [5.41, 5.74) is 0. The van der Waals surface area contributed by atoms with Gasteiger partial charge in [-0.1, -0.05) is 6.92 Å². The molecule has 0 aromatic rings. The number of amides is 2. The quantitative estimate of drug-likeness (QED) is 0.520. The molecule has 0 aromatic carbocycles. The Morgan fingerprint density at radius 2 is 1.85 bits per heavy atom. The molecule has 2 atom stereocenters. The van der Waals surface area contributed by atoms with E-state index in [4.69, 9.17) is 9.84 Å². The molecule has 0 aromatic heterocycles. The predicted octanol–water partition coefficient (Wildman–Crippen LogP) is 0.117. The molecule has 0 heterocycles. The van der Waals surface area contributed by atoms with Gasteiger partial charge in [0.25, 0.3) is 0 Å². The van der Waals surface area contributed by atoms with Crippen LogP contribution in [0.15, 0.2) is 0 Å². The maximum atomic E-state index is 11.7. The molecular weight excluding hydrogens is 268 g/mol. The first-order valence-electron chi connectivity index (χ1n) is 6.30. The normalized spacial score (nSPS) is 13.2. The molecule has 0 spiro atoms. The van der Waals surface area contributed by atoms with Gasteiger partial charge in [-0.05, 0) is 12.8 Å². The van der Waals surface area contributed by atoms with E-state index >= 15 is 0 Å². The highest BCUT2D eigenvalue weighted by molar-refractivity contribution is 5.83. The molecule has 0 radical (unpaired) electrons. The summed E-state index contributed by atoms with van der Waals surface area (Å²) in [5.74, 6) is -1.73. The van der Waals surface area contributed by atoms with E-state index in [0.717, 1.165) is 0 Å². The fourth-order valence-electron chi connectivity index (χ4n) is 1.47. The SMILES string of the molecule is CCC(COC)NC(=O)N[C@H](CCC(=O)OC)C(=O)O. The Bertz CT molecular complexity index is 334. The van der Waals surface area contributed by atoms with Gasteiger partial charge in [-0.2, -0.15) is 0 Å². The molecule has 0 saturated heterocycles. The summed E-state index contributed by atoms with van der Waals surface area (Å²) in [6.07, 6.45) is 0.542. The van der Waals surface area contributed by atoms with E-state index in [-0.39, 0.29) is 18.9 Å². The van der Waals surface area contributed by atoms with Crippen LogP contribution < -0.4 is 10.6 Å². The van der Waals surface area contributed by atoms with Crippen molar-refractivity contribution in [2.75, 3.05) is 20.8 Å². The minimum atomic E-state index is -1.20. The van der Waals surface area contributed by atoms with E-state index in [1.807, 2.05) is 6.92 Å². The van der Waals surface area contributed by atoms with Crippen LogP contribution in [0.1, 0.15) is 26.2 Å². The Kier molecular flexibility index (Phi) is 9.10. The standard InChI is InChI=1S/C12H22N2O6/c1-4-8(7-19-2)13-12(18)14-9(11(16)17)5-6-10(15)20-3/h8-9H,4-7H2,1-3H3,(H,16,17)(H2,13,14,18)/t8?,9-/m1/s1. The fourth-order valence-corrected chi connectivity index (χ4v) is 1.47. The summed E-state index contributed by atoms with van der Waals surface area (Å²) in [4.78, 5) is 33.6. The number of esters is 1. The van der Waals surface area contributed by atoms with Crippen molar-refractivity contribution in [2.45, 2.75) is 38.3 Å². The number of methoxy groups -OCH3 is 2. The molecule has 1 unspecified atom stereocenters. The van der Waals surface area contributed by atoms with Gasteiger partial charge in [-0.25, -0.2) is 9.59 Å². The van der Waals surface area contributed by atoms with Gasteiger partial charge >= 0.3 is 18.0 Å². The van der Waals surface area contributed by atoms with Crippen LogP contribution in [0.4, 0.5) is 4.79 Å². The molecule has 8 heteroatoms. The van der Waals surface area contributed by atoms with Gasteiger partial charge in [0.2, 0.25) is 0 Å². The first-order chi connectivity index (χ1) is 9.44. The second kappa shape index (κ2) is 10.0. The van der Waals surface area contributed by atoms with E-state index < -0.39 is 24.0 Å². The van der Waals surface area contributed by atoms with Crippen molar-refractivity contribution in [1.29, 1.82) is 0 Å². The van der Waals surface area contributed by atoms with Crippen molar-refractivity contribution in [3.05, 3.63) is 0 Å². The van der Waals surface area contributed by atoms with E-state index in [2.05, 4.69) is 15.4 Å². The molecule has 3 N–H and O–H groups in total. The molecule has 0 fully saturated rings. The van der Waals surface area contributed by atoms with Crippen LogP contribution in [-0.4, -0.2) is 56.0 Å². The number of nitrogens with one attached hydrogen (secondary N) is 2. The summed E-state index contributed by atoms with van der Waals surface area (Å²) < 4.78 is 9.34. The maximum Gasteiger partial charge on any atom is 0.326 e. The molecule has 20 heavy (non-hydrogen) atoms. The van der Waals surface area contributed by atoms with Crippen LogP contribution in [-0.2, 0) is 19.1 Å². The monoisotopic (exact) mass is 290 g/mol. The van der Waals surface area contributed by atoms with E-state index in [1.165, 1.54) is 14.2 Å². The molecule has 8 nitrogen and oxygen atoms in total. The van der Waals surface area contributed by atoms with Crippen molar-refractivity contribution in [3.8, 4) is 0 Å². The Balaban J connectivity index is 4.33. The molecule has 0 rings (SSSR count). The molecular formula is C12H22N2O6. The Morgan fingerprint density at radius 1 is 1.20 bits per heavy atom. The number of hydrogen-bond donors (Lipinski definition) is 3. The van der Waals surface area contributed by atoms with E-state index in [1.54, 1.807) is 0 Å². The Labute approximate surface area is 117 Å². The number of carboxylic acid groups (broad SMARTS) is 1. The van der Waals surface area contributed by atoms with E-state index in [0.29, 0.717) is 13.0 Å². The van der Waals surface area contributed by atoms with Crippen molar-refractivity contribution >= 4 is 18.0 Å². The number of carboxylic acids is 1. The Hall–Kier alpha value is -1.83. The summed E-state index contributed by atoms with van der Waals surface area (Å²) in [6, 6.07) is -1.95. The van der Waals surface area contributed by atoms with Crippen molar-refractivity contribution in [1.82, 2.24) is 10.6 Å². The van der Waals surface area contributed by atoms with Crippen LogP contribution in [0.5, 0.6) is 0 Å². The highest BCUT2D eigenvalue weighted by atomic mass is 16.5. The molecule has 0 bridgehead atoms. The molecule has 0 saturated carbocycles. The van der Waals surface area contributed by atoms with Gasteiger partial charge in [-0.3, -0.25) is 4.79 Å². The van der Waals surface area contributed by atoms with Crippen LogP contribution >= 0.6 is 0 Å². The zero-order chi connectivity index (χ0) is 15.5. The van der Waals surface area contributed by atoms with Crippen LogP contribution in [0.2, 0.25) is 0 Å². The third kappa shape index (κ3) is 7.57. The minimum absolute atomic E-state index is 0.0313. The van der Waals surface area contributed by atoms with Gasteiger partial charge in [0.15, 0.2) is 0 Å². The highest BCUT2D eigenvalue weighted by Gasteiger charge is 2.22. The lowest BCUT2D eigenvalue weighted by Gasteiger charge is -2.19. The summed E-state index contributed by atoms with van der Waals surface area (Å²) in [5, 5.41) is 13.9. The zero-order valence-corrected chi connectivity index (χ0v) is 12.0. The van der Waals surface area contributed by atoms with Gasteiger partial charge in [-0.15, -0.1) is 0 Å². The Morgan fingerprint density at radius 3 is 2.30 bits per heavy atom. The molecule has 0 aliphatic carbocycles. The number of rotatable bonds is 9. The number of carbonyl (C=O) groups is 3. The topological polar surface area (TPSA) is 114 Å². The number of hydrogen-bond acceptors (Lipinski definition) is 5. The number of ether oxygens (including phenoxy) is 2. The summed E-state index contributed by atoms with van der Waals surface area (Å²) in [7, 11) is 2.73. The van der Waals surface area contributed by atoms with Gasteiger partial charge in [0.1, 0.15) is 6.04 Å². The number of carbonyl (C=O) groups excluding carboxylic acids is 2. The van der Waals surface area contributed by atoms with Crippen LogP contribution in [0, 0.1) is 0 Å². The zero-order valence-electron chi connectivity index (χ0n) is 12.0. The summed E-state index contributed by atoms with van der Waals surface area (Å²) in [6.45, 7) is 2.21. The maximum absolute atomic E-state index is 11.7. The molecule has 0 aliphatic heterocycles. The third-order valence-electron chi connectivity index (χ3n) is 2.66. The second-order valence-corrected chi connectivity index (χ2v) is 4.18. The van der Waals surface area contributed by atoms with Crippen LogP contribution in [0.25, 0.3) is 0 Å². The average molecular weight is 290 g/mol. The van der Waals surface area contributed by atoms with E-state index in [9.17, 15) is 14.4 Å². The first-order valence-corrected chi connectivity index (χ1v) is 6.30. The minimum Gasteiger partial charge on any atom is -0.480 e. The molecule has 116 valence electrons. The van der Waals surface area contributed by atoms with Gasteiger partial charge in [0, 0.05) is 13.5 Å². The average Bonchev–Trinajstić information content (AvgIpc) is 2.41. The van der Waals surface area contributed by atoms with Gasteiger partial charge in [0.05, 0.1) is 19.8 Å². The lowest BCUT2D eigenvalue weighted by molar-refractivity contribution is -0.142. The smallest absolute Gasteiger partial charge is 0.326 e. The number of aliphatic carboxylic acids is 1. The van der Waals surface area contributed by atoms with Crippen molar-refractivity contribution < 1.29 is 29.0 Å².